The maximum Gasteiger partial charge on any atom is 0.295 e. The summed E-state index contributed by atoms with van der Waals surface area (Å²) in [7, 11) is 3.91. The number of rotatable bonds is 8. The number of nitrogens with zero attached hydrogens (tertiary/aromatic N) is 2. The van der Waals surface area contributed by atoms with Crippen LogP contribution in [0.2, 0.25) is 5.02 Å². The van der Waals surface area contributed by atoms with Gasteiger partial charge in [-0.2, -0.15) is 0 Å². The zero-order valence-electron chi connectivity index (χ0n) is 18.8. The normalized spacial score (nSPS) is 18.1. The first-order valence-corrected chi connectivity index (χ1v) is 11.0. The topological polar surface area (TPSA) is 70.1 Å². The van der Waals surface area contributed by atoms with Crippen molar-refractivity contribution in [3.63, 3.8) is 0 Å². The maximum absolute atomic E-state index is 13.1. The molecule has 0 radical (unpaired) electrons. The Balaban J connectivity index is 2.07. The van der Waals surface area contributed by atoms with E-state index in [9.17, 15) is 14.7 Å². The fourth-order valence-corrected chi connectivity index (χ4v) is 3.93. The van der Waals surface area contributed by atoms with Gasteiger partial charge in [0.05, 0.1) is 17.7 Å². The van der Waals surface area contributed by atoms with Gasteiger partial charge in [-0.15, -0.1) is 0 Å². The molecule has 6 nitrogen and oxygen atoms in total. The highest BCUT2D eigenvalue weighted by Gasteiger charge is 2.45. The summed E-state index contributed by atoms with van der Waals surface area (Å²) in [5.41, 5.74) is 1.21. The van der Waals surface area contributed by atoms with E-state index in [2.05, 4.69) is 0 Å². The molecule has 1 fully saturated rings. The minimum atomic E-state index is -0.692. The second-order valence-electron chi connectivity index (χ2n) is 8.40. The number of likely N-dealkylation sites (tertiary alicyclic amines) is 1. The van der Waals surface area contributed by atoms with Crippen LogP contribution >= 0.6 is 11.6 Å². The smallest absolute Gasteiger partial charge is 0.295 e. The molecule has 1 unspecified atom stereocenters. The van der Waals surface area contributed by atoms with Gasteiger partial charge in [0.15, 0.2) is 0 Å². The number of halogens is 1. The van der Waals surface area contributed by atoms with Crippen molar-refractivity contribution >= 4 is 29.1 Å². The Labute approximate surface area is 194 Å². The molecule has 1 N–H and O–H groups in total. The number of Topliss-reactive ketones (excluding diaryl/α,β-unsaturated/α-hetero) is 1. The predicted molar refractivity (Wildman–Crippen MR) is 126 cm³/mol. The van der Waals surface area contributed by atoms with Gasteiger partial charge in [-0.05, 0) is 70.7 Å². The second-order valence-corrected chi connectivity index (χ2v) is 8.83. The quantitative estimate of drug-likeness (QED) is 0.360. The van der Waals surface area contributed by atoms with E-state index in [0.717, 1.165) is 12.1 Å². The molecular weight excluding hydrogens is 428 g/mol. The summed E-state index contributed by atoms with van der Waals surface area (Å²) < 4.78 is 5.72. The van der Waals surface area contributed by atoms with Gasteiger partial charge in [0.1, 0.15) is 11.5 Å². The first-order valence-electron chi connectivity index (χ1n) is 10.6. The van der Waals surface area contributed by atoms with Crippen molar-refractivity contribution in [2.45, 2.75) is 32.4 Å². The Morgan fingerprint density at radius 3 is 2.47 bits per heavy atom. The average Bonchev–Trinajstić information content (AvgIpc) is 2.98. The molecule has 1 aliphatic rings. The number of hydrogen-bond donors (Lipinski definition) is 1. The molecule has 1 aliphatic heterocycles. The number of ketones is 1. The predicted octanol–water partition coefficient (Wildman–Crippen LogP) is 4.50. The van der Waals surface area contributed by atoms with Gasteiger partial charge >= 0.3 is 0 Å². The van der Waals surface area contributed by atoms with E-state index in [1.165, 1.54) is 4.90 Å². The first kappa shape index (κ1) is 23.8. The van der Waals surface area contributed by atoms with Crippen molar-refractivity contribution < 1.29 is 19.4 Å². The Kier molecular flexibility index (Phi) is 7.59. The third-order valence-corrected chi connectivity index (χ3v) is 5.46. The Morgan fingerprint density at radius 2 is 1.84 bits per heavy atom. The van der Waals surface area contributed by atoms with Crippen LogP contribution in [0.5, 0.6) is 5.75 Å². The van der Waals surface area contributed by atoms with Gasteiger partial charge in [0.2, 0.25) is 0 Å². The minimum absolute atomic E-state index is 0.0382. The van der Waals surface area contributed by atoms with Crippen molar-refractivity contribution in [1.82, 2.24) is 9.80 Å². The monoisotopic (exact) mass is 456 g/mol. The van der Waals surface area contributed by atoms with Crippen LogP contribution in [0.25, 0.3) is 5.76 Å². The number of aliphatic hydroxyl groups excluding tert-OH is 1. The van der Waals surface area contributed by atoms with Crippen LogP contribution in [-0.4, -0.2) is 59.9 Å². The molecule has 0 spiro atoms. The summed E-state index contributed by atoms with van der Waals surface area (Å²) in [6, 6.07) is 13.2. The largest absolute Gasteiger partial charge is 0.507 e. The molecule has 2 aromatic rings. The summed E-state index contributed by atoms with van der Waals surface area (Å²) in [5, 5.41) is 11.7. The molecule has 7 heteroatoms. The lowest BCUT2D eigenvalue weighted by molar-refractivity contribution is -0.139. The third kappa shape index (κ3) is 5.31. The van der Waals surface area contributed by atoms with Gasteiger partial charge in [-0.1, -0.05) is 35.9 Å². The van der Waals surface area contributed by atoms with Gasteiger partial charge in [0.25, 0.3) is 11.7 Å². The lowest BCUT2D eigenvalue weighted by atomic mass is 9.95. The van der Waals surface area contributed by atoms with E-state index in [1.807, 2.05) is 32.8 Å². The number of benzene rings is 2. The zero-order valence-corrected chi connectivity index (χ0v) is 19.6. The van der Waals surface area contributed by atoms with E-state index in [-0.39, 0.29) is 17.4 Å². The SMILES string of the molecule is CC(C)Oc1cccc(/C(O)=C2/C(=O)C(=O)N(CCCN(C)C)C2c2ccc(Cl)cc2)c1. The molecule has 0 bridgehead atoms. The second kappa shape index (κ2) is 10.2. The molecule has 32 heavy (non-hydrogen) atoms. The maximum atomic E-state index is 13.1. The van der Waals surface area contributed by atoms with E-state index < -0.39 is 17.7 Å². The molecule has 1 amide bonds. The standard InChI is InChI=1S/C25H29ClN2O4/c1-16(2)32-20-8-5-7-18(15-20)23(29)21-22(17-9-11-19(26)12-10-17)28(25(31)24(21)30)14-6-13-27(3)4/h5,7-12,15-16,22,29H,6,13-14H2,1-4H3/b23-21-. The number of carbonyl (C=O) groups excluding carboxylic acids is 2. The zero-order chi connectivity index (χ0) is 23.4. The molecule has 170 valence electrons. The lowest BCUT2D eigenvalue weighted by Gasteiger charge is -2.26. The molecule has 1 heterocycles. The summed E-state index contributed by atoms with van der Waals surface area (Å²) in [4.78, 5) is 29.6. The lowest BCUT2D eigenvalue weighted by Crippen LogP contribution is -2.32. The molecule has 1 saturated heterocycles. The van der Waals surface area contributed by atoms with Gasteiger partial charge in [-0.3, -0.25) is 9.59 Å². The number of carbonyl (C=O) groups is 2. The highest BCUT2D eigenvalue weighted by Crippen LogP contribution is 2.40. The number of aliphatic hydroxyl groups is 1. The average molecular weight is 457 g/mol. The summed E-state index contributed by atoms with van der Waals surface area (Å²) in [6.45, 7) is 4.98. The van der Waals surface area contributed by atoms with Gasteiger partial charge in [0, 0.05) is 17.1 Å². The van der Waals surface area contributed by atoms with Crippen LogP contribution in [0.15, 0.2) is 54.1 Å². The minimum Gasteiger partial charge on any atom is -0.507 e. The van der Waals surface area contributed by atoms with Crippen molar-refractivity contribution in [3.8, 4) is 5.75 Å². The first-order chi connectivity index (χ1) is 15.2. The van der Waals surface area contributed by atoms with Crippen molar-refractivity contribution in [3.05, 3.63) is 70.3 Å². The number of amides is 1. The summed E-state index contributed by atoms with van der Waals surface area (Å²) in [5.74, 6) is -0.942. The number of ether oxygens (including phenoxy) is 1. The molecule has 0 aliphatic carbocycles. The van der Waals surface area contributed by atoms with Crippen LogP contribution in [-0.2, 0) is 9.59 Å². The molecular formula is C25H29ClN2O4. The molecule has 1 atom stereocenters. The summed E-state index contributed by atoms with van der Waals surface area (Å²) >= 11 is 6.06. The van der Waals surface area contributed by atoms with Gasteiger partial charge < -0.3 is 19.6 Å². The van der Waals surface area contributed by atoms with E-state index >= 15 is 0 Å². The van der Waals surface area contributed by atoms with Crippen LogP contribution in [0.1, 0.15) is 37.4 Å². The highest BCUT2D eigenvalue weighted by molar-refractivity contribution is 6.46. The number of hydrogen-bond acceptors (Lipinski definition) is 5. The van der Waals surface area contributed by atoms with E-state index in [0.29, 0.717) is 29.3 Å². The fourth-order valence-electron chi connectivity index (χ4n) is 3.80. The summed E-state index contributed by atoms with van der Waals surface area (Å²) in [6.07, 6.45) is 0.658. The molecule has 3 rings (SSSR count). The van der Waals surface area contributed by atoms with E-state index in [4.69, 9.17) is 16.3 Å². The van der Waals surface area contributed by atoms with Crippen LogP contribution < -0.4 is 4.74 Å². The molecule has 0 aromatic heterocycles. The van der Waals surface area contributed by atoms with Crippen LogP contribution in [0.4, 0.5) is 0 Å². The van der Waals surface area contributed by atoms with Crippen molar-refractivity contribution in [2.24, 2.45) is 0 Å². The molecule has 2 aromatic carbocycles. The fraction of sp³-hybridized carbons (Fsp3) is 0.360. The third-order valence-electron chi connectivity index (χ3n) is 5.21. The van der Waals surface area contributed by atoms with Crippen molar-refractivity contribution in [2.75, 3.05) is 27.2 Å². The molecule has 0 saturated carbocycles. The Hall–Kier alpha value is -2.83. The Bertz CT molecular complexity index is 1010. The van der Waals surface area contributed by atoms with Crippen LogP contribution in [0.3, 0.4) is 0 Å². The van der Waals surface area contributed by atoms with Crippen molar-refractivity contribution in [1.29, 1.82) is 0 Å². The van der Waals surface area contributed by atoms with E-state index in [1.54, 1.807) is 48.5 Å². The highest BCUT2D eigenvalue weighted by atomic mass is 35.5. The Morgan fingerprint density at radius 1 is 1.16 bits per heavy atom. The van der Waals surface area contributed by atoms with Gasteiger partial charge in [-0.25, -0.2) is 0 Å². The van der Waals surface area contributed by atoms with Crippen LogP contribution in [0, 0.1) is 0 Å².